The summed E-state index contributed by atoms with van der Waals surface area (Å²) in [7, 11) is 0. The zero-order valence-corrected chi connectivity index (χ0v) is 16.7. The number of carbonyl (C=O) groups is 1. The van der Waals surface area contributed by atoms with Gasteiger partial charge in [0.25, 0.3) is 5.91 Å². The Bertz CT molecular complexity index is 591. The van der Waals surface area contributed by atoms with E-state index in [0.717, 1.165) is 16.8 Å². The molecule has 0 fully saturated rings. The Morgan fingerprint density at radius 1 is 1.13 bits per heavy atom. The lowest BCUT2D eigenvalue weighted by atomic mass is 10.1. The molecule has 1 unspecified atom stereocenters. The normalized spacial score (nSPS) is 12.7. The van der Waals surface area contributed by atoms with Crippen LogP contribution in [0.2, 0.25) is 0 Å². The van der Waals surface area contributed by atoms with Gasteiger partial charge in [-0.25, -0.2) is 0 Å². The average Bonchev–Trinajstić information content (AvgIpc) is 2.40. The van der Waals surface area contributed by atoms with Crippen molar-refractivity contribution in [2.75, 3.05) is 5.32 Å². The number of amides is 1. The molecule has 23 heavy (non-hydrogen) atoms. The number of rotatable bonds is 4. The molecule has 128 valence electrons. The summed E-state index contributed by atoms with van der Waals surface area (Å²) in [5.74, 6) is -0.717. The molecular weight excluding hydrogens is 423 g/mol. The molecule has 0 saturated carbocycles. The fourth-order valence-electron chi connectivity index (χ4n) is 1.52. The summed E-state index contributed by atoms with van der Waals surface area (Å²) in [5, 5.41) is 8.16. The van der Waals surface area contributed by atoms with Crippen molar-refractivity contribution in [3.05, 3.63) is 29.3 Å². The lowest BCUT2D eigenvalue weighted by Crippen LogP contribution is -2.57. The van der Waals surface area contributed by atoms with E-state index in [1.165, 1.54) is 0 Å². The maximum absolute atomic E-state index is 11.6. The second-order valence-electron chi connectivity index (χ2n) is 4.68. The van der Waals surface area contributed by atoms with Gasteiger partial charge in [-0.3, -0.25) is 4.79 Å². The van der Waals surface area contributed by atoms with Gasteiger partial charge in [-0.2, -0.15) is 0 Å². The lowest BCUT2D eigenvalue weighted by Gasteiger charge is -2.28. The Labute approximate surface area is 165 Å². The van der Waals surface area contributed by atoms with Crippen molar-refractivity contribution in [1.29, 1.82) is 0 Å². The number of carbonyl (C=O) groups excluding carboxylic acids is 1. The van der Waals surface area contributed by atoms with E-state index in [0.29, 0.717) is 0 Å². The second-order valence-corrected chi connectivity index (χ2v) is 8.55. The van der Waals surface area contributed by atoms with Gasteiger partial charge in [0.1, 0.15) is 6.17 Å². The summed E-state index contributed by atoms with van der Waals surface area (Å²) in [6.45, 7) is 3.97. The molecule has 0 radical (unpaired) electrons. The average molecular weight is 438 g/mol. The summed E-state index contributed by atoms with van der Waals surface area (Å²) < 4.78 is -1.87. The molecule has 3 N–H and O–H groups in total. The smallest absolute Gasteiger partial charge is 0.255 e. The molecular formula is C13H14Cl5N3OS. The van der Waals surface area contributed by atoms with Crippen LogP contribution in [0.5, 0.6) is 0 Å². The van der Waals surface area contributed by atoms with E-state index in [1.54, 1.807) is 0 Å². The van der Waals surface area contributed by atoms with Crippen LogP contribution in [0.15, 0.2) is 18.2 Å². The SMILES string of the molecule is Cc1ccc(NC(=S)NC(NC(=O)C(Cl)Cl)C(Cl)(Cl)Cl)cc1C. The van der Waals surface area contributed by atoms with E-state index in [4.69, 9.17) is 70.2 Å². The van der Waals surface area contributed by atoms with Crippen LogP contribution >= 0.6 is 70.2 Å². The van der Waals surface area contributed by atoms with Gasteiger partial charge in [0.2, 0.25) is 3.79 Å². The molecule has 0 aliphatic carbocycles. The topological polar surface area (TPSA) is 53.2 Å². The standard InChI is InChI=1S/C13H14Cl5N3OS/c1-6-3-4-8(5-7(6)2)19-12(23)21-11(13(16,17)18)20-10(22)9(14)15/h3-5,9,11H,1-2H3,(H,20,22)(H2,19,21,23). The molecule has 1 rings (SSSR count). The van der Waals surface area contributed by atoms with Gasteiger partial charge >= 0.3 is 0 Å². The largest absolute Gasteiger partial charge is 0.339 e. The number of thiocarbonyl (C=S) groups is 1. The van der Waals surface area contributed by atoms with Crippen LogP contribution in [0.3, 0.4) is 0 Å². The first-order valence-electron chi connectivity index (χ1n) is 6.30. The first kappa shape index (κ1) is 20.9. The van der Waals surface area contributed by atoms with Gasteiger partial charge in [0.15, 0.2) is 9.95 Å². The van der Waals surface area contributed by atoms with E-state index >= 15 is 0 Å². The molecule has 10 heteroatoms. The van der Waals surface area contributed by atoms with Crippen LogP contribution in [-0.2, 0) is 4.79 Å². The number of nitrogens with one attached hydrogen (secondary N) is 3. The minimum Gasteiger partial charge on any atom is -0.339 e. The number of benzene rings is 1. The summed E-state index contributed by atoms with van der Waals surface area (Å²) in [6.07, 6.45) is -1.12. The third-order valence-corrected chi connectivity index (χ3v) is 4.12. The third kappa shape index (κ3) is 7.08. The van der Waals surface area contributed by atoms with Crippen LogP contribution in [0.25, 0.3) is 0 Å². The lowest BCUT2D eigenvalue weighted by molar-refractivity contribution is -0.120. The van der Waals surface area contributed by atoms with E-state index in [-0.39, 0.29) is 5.11 Å². The molecule has 1 atom stereocenters. The maximum Gasteiger partial charge on any atom is 0.255 e. The number of alkyl halides is 5. The Morgan fingerprint density at radius 2 is 1.74 bits per heavy atom. The van der Waals surface area contributed by atoms with Gasteiger partial charge in [-0.05, 0) is 49.3 Å². The van der Waals surface area contributed by atoms with Crippen LogP contribution in [0.1, 0.15) is 11.1 Å². The first-order valence-corrected chi connectivity index (χ1v) is 8.72. The van der Waals surface area contributed by atoms with Gasteiger partial charge in [-0.1, -0.05) is 64.1 Å². The third-order valence-electron chi connectivity index (χ3n) is 2.85. The van der Waals surface area contributed by atoms with E-state index in [9.17, 15) is 4.79 Å². The Balaban J connectivity index is 2.76. The van der Waals surface area contributed by atoms with E-state index in [1.807, 2.05) is 32.0 Å². The highest BCUT2D eigenvalue weighted by Crippen LogP contribution is 2.29. The van der Waals surface area contributed by atoms with Gasteiger partial charge < -0.3 is 16.0 Å². The molecule has 0 aliphatic rings. The highest BCUT2D eigenvalue weighted by atomic mass is 35.6. The van der Waals surface area contributed by atoms with E-state index < -0.39 is 20.7 Å². The predicted molar refractivity (Wildman–Crippen MR) is 103 cm³/mol. The Kier molecular flexibility index (Phi) is 7.98. The first-order chi connectivity index (χ1) is 10.5. The minimum absolute atomic E-state index is 0.158. The quantitative estimate of drug-likeness (QED) is 0.375. The van der Waals surface area contributed by atoms with Gasteiger partial charge in [-0.15, -0.1) is 0 Å². The molecule has 0 bridgehead atoms. The zero-order chi connectivity index (χ0) is 17.8. The zero-order valence-electron chi connectivity index (χ0n) is 12.1. The van der Waals surface area contributed by atoms with Crippen molar-refractivity contribution in [3.63, 3.8) is 0 Å². The van der Waals surface area contributed by atoms with Crippen molar-refractivity contribution >= 4 is 86.9 Å². The molecule has 1 aromatic rings. The monoisotopic (exact) mass is 435 g/mol. The molecule has 4 nitrogen and oxygen atoms in total. The second kappa shape index (κ2) is 8.79. The number of hydrogen-bond donors (Lipinski definition) is 3. The molecule has 1 aromatic carbocycles. The molecule has 0 saturated heterocycles. The fraction of sp³-hybridized carbons (Fsp3) is 0.385. The number of halogens is 5. The van der Waals surface area contributed by atoms with Crippen molar-refractivity contribution in [2.24, 2.45) is 0 Å². The van der Waals surface area contributed by atoms with Gasteiger partial charge in [0.05, 0.1) is 0 Å². The molecule has 0 aromatic heterocycles. The van der Waals surface area contributed by atoms with Crippen LogP contribution in [-0.4, -0.2) is 25.8 Å². The summed E-state index contributed by atoms with van der Waals surface area (Å²) in [6, 6.07) is 5.71. The minimum atomic E-state index is -1.87. The number of hydrogen-bond acceptors (Lipinski definition) is 2. The molecule has 0 heterocycles. The van der Waals surface area contributed by atoms with Crippen molar-refractivity contribution in [1.82, 2.24) is 10.6 Å². The van der Waals surface area contributed by atoms with Crippen molar-refractivity contribution in [2.45, 2.75) is 28.6 Å². The molecule has 1 amide bonds. The number of anilines is 1. The van der Waals surface area contributed by atoms with Crippen LogP contribution < -0.4 is 16.0 Å². The highest BCUT2D eigenvalue weighted by Gasteiger charge is 2.35. The summed E-state index contributed by atoms with van der Waals surface area (Å²) in [5.41, 5.74) is 3.00. The summed E-state index contributed by atoms with van der Waals surface area (Å²) >= 11 is 33.6. The molecule has 0 spiro atoms. The van der Waals surface area contributed by atoms with Gasteiger partial charge in [0, 0.05) is 5.69 Å². The molecule has 0 aliphatic heterocycles. The van der Waals surface area contributed by atoms with E-state index in [2.05, 4.69) is 16.0 Å². The predicted octanol–water partition coefficient (Wildman–Crippen LogP) is 4.21. The Morgan fingerprint density at radius 3 is 2.22 bits per heavy atom. The number of aryl methyl sites for hydroxylation is 2. The van der Waals surface area contributed by atoms with Crippen LogP contribution in [0.4, 0.5) is 5.69 Å². The van der Waals surface area contributed by atoms with Crippen LogP contribution in [0, 0.1) is 13.8 Å². The van der Waals surface area contributed by atoms with Crippen molar-refractivity contribution < 1.29 is 4.79 Å². The maximum atomic E-state index is 11.6. The fourth-order valence-corrected chi connectivity index (χ4v) is 2.21. The van der Waals surface area contributed by atoms with Crippen molar-refractivity contribution in [3.8, 4) is 0 Å². The Hall–Kier alpha value is -0.170. The summed E-state index contributed by atoms with van der Waals surface area (Å²) in [4.78, 5) is 10.3. The highest BCUT2D eigenvalue weighted by molar-refractivity contribution is 7.80.